The number of hydrogen-bond donors (Lipinski definition) is 2. The molecular weight excluding hydrogens is 240 g/mol. The van der Waals surface area contributed by atoms with Crippen LogP contribution in [0.1, 0.15) is 44.2 Å². The molecule has 1 heterocycles. The van der Waals surface area contributed by atoms with E-state index in [0.29, 0.717) is 13.0 Å². The monoisotopic (exact) mass is 264 g/mol. The molecule has 0 aliphatic heterocycles. The summed E-state index contributed by atoms with van der Waals surface area (Å²) in [5, 5.41) is 10.6. The summed E-state index contributed by atoms with van der Waals surface area (Å²) in [6, 6.07) is 1.93. The van der Waals surface area contributed by atoms with E-state index in [1.807, 2.05) is 26.4 Å². The minimum Gasteiger partial charge on any atom is -0.350 e. The molecule has 0 aromatic carbocycles. The fraction of sp³-hybridized carbons (Fsp3) is 0.714. The van der Waals surface area contributed by atoms with Crippen molar-refractivity contribution in [1.82, 2.24) is 20.4 Å². The third kappa shape index (κ3) is 3.80. The van der Waals surface area contributed by atoms with Gasteiger partial charge in [0.2, 0.25) is 5.91 Å². The highest BCUT2D eigenvalue weighted by atomic mass is 16.1. The fourth-order valence-corrected chi connectivity index (χ4v) is 2.86. The molecule has 1 saturated carbocycles. The van der Waals surface area contributed by atoms with Gasteiger partial charge in [0, 0.05) is 25.2 Å². The summed E-state index contributed by atoms with van der Waals surface area (Å²) in [5.41, 5.74) is 0.907. The first-order valence-electron chi connectivity index (χ1n) is 7.08. The molecule has 1 aromatic heterocycles. The molecule has 2 rings (SSSR count). The molecular formula is C14H24N4O. The maximum atomic E-state index is 12.1. The lowest BCUT2D eigenvalue weighted by atomic mass is 9.79. The van der Waals surface area contributed by atoms with Crippen molar-refractivity contribution in [2.24, 2.45) is 7.05 Å². The molecule has 1 aliphatic carbocycles. The Kier molecular flexibility index (Phi) is 4.58. The molecule has 0 unspecified atom stereocenters. The number of nitrogens with one attached hydrogen (secondary N) is 2. The zero-order valence-corrected chi connectivity index (χ0v) is 11.9. The van der Waals surface area contributed by atoms with E-state index in [2.05, 4.69) is 15.7 Å². The standard InChI is InChI=1S/C14H24N4O/c1-15-14(7-4-3-5-8-14)10-13(19)16-11-12-6-9-18(2)17-12/h6,9,15H,3-5,7-8,10-11H2,1-2H3,(H,16,19). The zero-order valence-electron chi connectivity index (χ0n) is 11.9. The van der Waals surface area contributed by atoms with Gasteiger partial charge in [0.25, 0.3) is 0 Å². The lowest BCUT2D eigenvalue weighted by Crippen LogP contribution is -2.48. The van der Waals surface area contributed by atoms with Gasteiger partial charge in [0.15, 0.2) is 0 Å². The summed E-state index contributed by atoms with van der Waals surface area (Å²) >= 11 is 0. The minimum absolute atomic E-state index is 0.00640. The summed E-state index contributed by atoms with van der Waals surface area (Å²) in [7, 11) is 3.85. The Balaban J connectivity index is 1.82. The van der Waals surface area contributed by atoms with Gasteiger partial charge in [-0.25, -0.2) is 0 Å². The minimum atomic E-state index is 0.00640. The Bertz CT molecular complexity index is 421. The average Bonchev–Trinajstić information content (AvgIpc) is 2.83. The summed E-state index contributed by atoms with van der Waals surface area (Å²) in [6.45, 7) is 0.513. The summed E-state index contributed by atoms with van der Waals surface area (Å²) in [6.07, 6.45) is 8.37. The summed E-state index contributed by atoms with van der Waals surface area (Å²) < 4.78 is 1.75. The van der Waals surface area contributed by atoms with Gasteiger partial charge in [-0.2, -0.15) is 5.10 Å². The predicted octanol–water partition coefficient (Wildman–Crippen LogP) is 1.35. The molecule has 1 aromatic rings. The van der Waals surface area contributed by atoms with Crippen molar-refractivity contribution >= 4 is 5.91 Å². The van der Waals surface area contributed by atoms with Crippen LogP contribution < -0.4 is 10.6 Å². The molecule has 2 N–H and O–H groups in total. The molecule has 19 heavy (non-hydrogen) atoms. The van der Waals surface area contributed by atoms with E-state index in [9.17, 15) is 4.79 Å². The number of carbonyl (C=O) groups excluding carboxylic acids is 1. The van der Waals surface area contributed by atoms with Crippen molar-refractivity contribution in [3.63, 3.8) is 0 Å². The van der Waals surface area contributed by atoms with Crippen LogP contribution in [-0.2, 0) is 18.4 Å². The van der Waals surface area contributed by atoms with Crippen LogP contribution in [0.2, 0.25) is 0 Å². The largest absolute Gasteiger partial charge is 0.350 e. The Labute approximate surface area is 114 Å². The van der Waals surface area contributed by atoms with Crippen molar-refractivity contribution < 1.29 is 4.79 Å². The van der Waals surface area contributed by atoms with Gasteiger partial charge in [-0.3, -0.25) is 9.48 Å². The van der Waals surface area contributed by atoms with Crippen LogP contribution in [0.4, 0.5) is 0 Å². The van der Waals surface area contributed by atoms with Crippen molar-refractivity contribution in [3.8, 4) is 0 Å². The average molecular weight is 264 g/mol. The second-order valence-electron chi connectivity index (χ2n) is 5.53. The van der Waals surface area contributed by atoms with Gasteiger partial charge >= 0.3 is 0 Å². The van der Waals surface area contributed by atoms with Gasteiger partial charge in [-0.15, -0.1) is 0 Å². The van der Waals surface area contributed by atoms with Crippen molar-refractivity contribution in [2.45, 2.75) is 50.6 Å². The van der Waals surface area contributed by atoms with Gasteiger partial charge in [-0.1, -0.05) is 19.3 Å². The first kappa shape index (κ1) is 14.1. The van der Waals surface area contributed by atoms with Crippen molar-refractivity contribution in [2.75, 3.05) is 7.05 Å². The Morgan fingerprint density at radius 2 is 2.16 bits per heavy atom. The molecule has 0 radical (unpaired) electrons. The molecule has 5 heteroatoms. The highest BCUT2D eigenvalue weighted by Gasteiger charge is 2.32. The normalized spacial score (nSPS) is 18.2. The number of amides is 1. The van der Waals surface area contributed by atoms with Crippen molar-refractivity contribution in [3.05, 3.63) is 18.0 Å². The second kappa shape index (κ2) is 6.19. The lowest BCUT2D eigenvalue weighted by Gasteiger charge is -2.36. The van der Waals surface area contributed by atoms with Gasteiger partial charge in [0.1, 0.15) is 0 Å². The fourth-order valence-electron chi connectivity index (χ4n) is 2.86. The predicted molar refractivity (Wildman–Crippen MR) is 74.5 cm³/mol. The van der Waals surface area contributed by atoms with Crippen LogP contribution in [0.5, 0.6) is 0 Å². The first-order chi connectivity index (χ1) is 9.13. The molecule has 0 spiro atoms. The lowest BCUT2D eigenvalue weighted by molar-refractivity contribution is -0.123. The van der Waals surface area contributed by atoms with Crippen LogP contribution in [0.25, 0.3) is 0 Å². The molecule has 1 fully saturated rings. The van der Waals surface area contributed by atoms with Crippen molar-refractivity contribution in [1.29, 1.82) is 0 Å². The van der Waals surface area contributed by atoms with E-state index >= 15 is 0 Å². The number of carbonyl (C=O) groups is 1. The first-order valence-corrected chi connectivity index (χ1v) is 7.08. The van der Waals surface area contributed by atoms with Gasteiger partial charge < -0.3 is 10.6 Å². The molecule has 1 aliphatic rings. The number of nitrogens with zero attached hydrogens (tertiary/aromatic N) is 2. The number of aryl methyl sites for hydroxylation is 1. The molecule has 0 saturated heterocycles. The maximum absolute atomic E-state index is 12.1. The number of aromatic nitrogens is 2. The van der Waals surface area contributed by atoms with E-state index in [-0.39, 0.29) is 11.4 Å². The molecule has 106 valence electrons. The highest BCUT2D eigenvalue weighted by molar-refractivity contribution is 5.77. The summed E-state index contributed by atoms with van der Waals surface area (Å²) in [5.74, 6) is 0.113. The number of hydrogen-bond acceptors (Lipinski definition) is 3. The van der Waals surface area contributed by atoms with E-state index in [1.165, 1.54) is 19.3 Å². The van der Waals surface area contributed by atoms with Crippen LogP contribution in [0.3, 0.4) is 0 Å². The third-order valence-corrected chi connectivity index (χ3v) is 4.08. The van der Waals surface area contributed by atoms with E-state index in [1.54, 1.807) is 4.68 Å². The van der Waals surface area contributed by atoms with Gasteiger partial charge in [0.05, 0.1) is 12.2 Å². The molecule has 5 nitrogen and oxygen atoms in total. The highest BCUT2D eigenvalue weighted by Crippen LogP contribution is 2.30. The number of rotatable bonds is 5. The second-order valence-corrected chi connectivity index (χ2v) is 5.53. The van der Waals surface area contributed by atoms with E-state index < -0.39 is 0 Å². The maximum Gasteiger partial charge on any atom is 0.222 e. The van der Waals surface area contributed by atoms with Crippen LogP contribution in [-0.4, -0.2) is 28.3 Å². The Morgan fingerprint density at radius 1 is 1.42 bits per heavy atom. The molecule has 0 bridgehead atoms. The Hall–Kier alpha value is -1.36. The Morgan fingerprint density at radius 3 is 2.74 bits per heavy atom. The third-order valence-electron chi connectivity index (χ3n) is 4.08. The van der Waals surface area contributed by atoms with E-state index in [0.717, 1.165) is 18.5 Å². The van der Waals surface area contributed by atoms with Crippen LogP contribution >= 0.6 is 0 Å². The molecule has 0 atom stereocenters. The SMILES string of the molecule is CNC1(CC(=O)NCc2ccn(C)n2)CCCCC1. The topological polar surface area (TPSA) is 59.0 Å². The zero-order chi connectivity index (χ0) is 13.7. The van der Waals surface area contributed by atoms with Gasteiger partial charge in [-0.05, 0) is 26.0 Å². The van der Waals surface area contributed by atoms with Crippen LogP contribution in [0, 0.1) is 0 Å². The molecule has 1 amide bonds. The summed E-state index contributed by atoms with van der Waals surface area (Å²) in [4.78, 5) is 12.1. The smallest absolute Gasteiger partial charge is 0.222 e. The quantitative estimate of drug-likeness (QED) is 0.844. The van der Waals surface area contributed by atoms with E-state index in [4.69, 9.17) is 0 Å². The van der Waals surface area contributed by atoms with Crippen LogP contribution in [0.15, 0.2) is 12.3 Å².